The van der Waals surface area contributed by atoms with E-state index in [-0.39, 0.29) is 50.0 Å². The number of piperazine rings is 2. The van der Waals surface area contributed by atoms with E-state index in [2.05, 4.69) is 58.7 Å². The average molecular weight is 1070 g/mol. The lowest BCUT2D eigenvalue weighted by Gasteiger charge is -2.39. The van der Waals surface area contributed by atoms with E-state index in [9.17, 15) is 29.7 Å². The fourth-order valence-corrected chi connectivity index (χ4v) is 11.7. The van der Waals surface area contributed by atoms with Crippen molar-refractivity contribution in [2.75, 3.05) is 87.7 Å². The third-order valence-electron chi connectivity index (χ3n) is 16.1. The number of methoxy groups -OCH3 is 1. The van der Waals surface area contributed by atoms with Gasteiger partial charge in [0.15, 0.2) is 22.3 Å². The van der Waals surface area contributed by atoms with Gasteiger partial charge in [0, 0.05) is 138 Å². The number of nitrogens with one attached hydrogen (secondary N) is 1. The molecule has 77 heavy (non-hydrogen) atoms. The van der Waals surface area contributed by atoms with Gasteiger partial charge in [0.05, 0.1) is 41.2 Å². The Morgan fingerprint density at radius 1 is 0.844 bits per heavy atom. The first-order chi connectivity index (χ1) is 36.4. The van der Waals surface area contributed by atoms with Crippen LogP contribution in [0.25, 0.3) is 33.0 Å². The van der Waals surface area contributed by atoms with Crippen LogP contribution in [0.3, 0.4) is 0 Å². The summed E-state index contributed by atoms with van der Waals surface area (Å²) in [6.07, 6.45) is 3.77. The third-order valence-corrected chi connectivity index (χ3v) is 16.1. The lowest BCUT2D eigenvalue weighted by Crippen LogP contribution is -2.48. The van der Waals surface area contributed by atoms with Gasteiger partial charge in [0.25, 0.3) is 11.7 Å². The number of Topliss-reactive ketones (excluding diaryl/α,β-unsaturated/α-hetero) is 1. The van der Waals surface area contributed by atoms with Crippen molar-refractivity contribution in [3.8, 4) is 11.5 Å². The number of ketones is 1. The van der Waals surface area contributed by atoms with Crippen LogP contribution in [0.15, 0.2) is 57.5 Å². The van der Waals surface area contributed by atoms with Gasteiger partial charge < -0.3 is 53.8 Å². The summed E-state index contributed by atoms with van der Waals surface area (Å²) >= 11 is 0. The number of phenols is 1. The van der Waals surface area contributed by atoms with Gasteiger partial charge in [-0.05, 0) is 37.8 Å². The number of aromatic hydroxyl groups is 1. The maximum Gasteiger partial charge on any atom is 0.312 e. The number of aliphatic hydroxyl groups is 2. The quantitative estimate of drug-likeness (QED) is 0.0580. The molecule has 4 aliphatic rings. The molecule has 18 nitrogen and oxygen atoms in total. The number of nitrogens with zero attached hydrogens (tertiary/aromatic N) is 5. The summed E-state index contributed by atoms with van der Waals surface area (Å²) in [5.41, 5.74) is 1.77. The molecule has 0 saturated carbocycles. The Morgan fingerprint density at radius 3 is 2.06 bits per heavy atom. The minimum atomic E-state index is -2.06. The molecule has 0 spiro atoms. The maximum absolute atomic E-state index is 15.2. The predicted octanol–water partition coefficient (Wildman–Crippen LogP) is 7.55. The summed E-state index contributed by atoms with van der Waals surface area (Å²) in [5, 5.41) is 38.4. The standard InChI is InChI=1S/C59H80N6O12/c1-31(2)29-62-18-22-64(23-19-62)40-27-41(65-24-20-63(21-25-65)30-32(3)4)47-43(28-40)76-56-48(60-47)44-45-52(69)38(10)55-46(44)57(71)59(12,77-55)74-26-17-42(73-13)35(7)54(75-39(11)66)37(9)51(68)36(8)50(67)33(5)15-14-16-34(6)58(72)61-49(56)53(45)70/h14-17,26-28,31-33,35-37,42,50-51,54,67-68,70H,18-25,29-30H2,1-13H3,(H,61,72). The van der Waals surface area contributed by atoms with Crippen molar-refractivity contribution in [1.82, 2.24) is 14.8 Å². The van der Waals surface area contributed by atoms with Crippen LogP contribution in [0.2, 0.25) is 0 Å². The SMILES string of the molecule is COC1C=COC2(C)Oc3c(C)c(=O)c4c(O)c(c5oc6cc(N7CCN(CC(C)C)CC7)cc(N7CCN(CC(C)C)CC7)c6nc5c4c3C2=O)NC(=O)C(C)=CC=CC(C)C(O)C(C)C(O)C(C)C(OC(C)=O)C1C. The number of aliphatic hydroxyl groups excluding tert-OH is 2. The molecule has 418 valence electrons. The van der Waals surface area contributed by atoms with Gasteiger partial charge >= 0.3 is 11.8 Å². The molecule has 9 unspecified atom stereocenters. The number of ether oxygens (including phenoxy) is 4. The molecule has 4 N–H and O–H groups in total. The van der Waals surface area contributed by atoms with Crippen LogP contribution in [0.5, 0.6) is 11.5 Å². The average Bonchev–Trinajstić information content (AvgIpc) is 3.80. The first-order valence-corrected chi connectivity index (χ1v) is 27.3. The zero-order valence-corrected chi connectivity index (χ0v) is 47.1. The van der Waals surface area contributed by atoms with Gasteiger partial charge in [-0.1, -0.05) is 73.6 Å². The van der Waals surface area contributed by atoms with E-state index in [0.29, 0.717) is 36.0 Å². The zero-order valence-electron chi connectivity index (χ0n) is 47.1. The van der Waals surface area contributed by atoms with Crippen LogP contribution in [-0.4, -0.2) is 151 Å². The Morgan fingerprint density at radius 2 is 1.47 bits per heavy atom. The van der Waals surface area contributed by atoms with Gasteiger partial charge in [-0.25, -0.2) is 4.98 Å². The second-order valence-electron chi connectivity index (χ2n) is 22.9. The van der Waals surface area contributed by atoms with E-state index in [4.69, 9.17) is 28.3 Å². The highest BCUT2D eigenvalue weighted by molar-refractivity contribution is 6.26. The molecule has 5 heterocycles. The summed E-state index contributed by atoms with van der Waals surface area (Å²) in [7, 11) is 1.47. The number of anilines is 3. The number of benzene rings is 3. The van der Waals surface area contributed by atoms with Crippen LogP contribution in [0.1, 0.15) is 92.1 Å². The number of rotatable bonds is 8. The number of hydrogen-bond acceptors (Lipinski definition) is 17. The summed E-state index contributed by atoms with van der Waals surface area (Å²) in [6, 6.07) is 4.08. The summed E-state index contributed by atoms with van der Waals surface area (Å²) in [6.45, 7) is 30.0. The van der Waals surface area contributed by atoms with E-state index < -0.39 is 82.7 Å². The fourth-order valence-electron chi connectivity index (χ4n) is 11.7. The number of esters is 1. The lowest BCUT2D eigenvalue weighted by atomic mass is 9.78. The van der Waals surface area contributed by atoms with E-state index >= 15 is 4.79 Å². The Kier molecular flexibility index (Phi) is 17.1. The Labute approximate surface area is 451 Å². The van der Waals surface area contributed by atoms with Crippen LogP contribution in [0, 0.1) is 42.4 Å². The molecule has 2 fully saturated rings. The second kappa shape index (κ2) is 23.1. The molecule has 2 saturated heterocycles. The van der Waals surface area contributed by atoms with Crippen LogP contribution in [-0.2, 0) is 23.8 Å². The molecule has 8 rings (SSSR count). The van der Waals surface area contributed by atoms with Gasteiger partial charge in [-0.2, -0.15) is 0 Å². The predicted molar refractivity (Wildman–Crippen MR) is 299 cm³/mol. The monoisotopic (exact) mass is 1060 g/mol. The molecule has 1 amide bonds. The lowest BCUT2D eigenvalue weighted by molar-refractivity contribution is -0.160. The molecule has 18 heteroatoms. The molecule has 9 atom stereocenters. The van der Waals surface area contributed by atoms with Gasteiger partial charge in [0.1, 0.15) is 28.6 Å². The fraction of sp³-hybridized carbons (Fsp3) is 0.576. The van der Waals surface area contributed by atoms with Gasteiger partial charge in [0.2, 0.25) is 0 Å². The number of allylic oxidation sites excluding steroid dienone is 2. The van der Waals surface area contributed by atoms with Gasteiger partial charge in [-0.3, -0.25) is 29.0 Å². The van der Waals surface area contributed by atoms with Crippen molar-refractivity contribution < 1.29 is 53.1 Å². The minimum Gasteiger partial charge on any atom is -0.505 e. The van der Waals surface area contributed by atoms with Crippen molar-refractivity contribution in [1.29, 1.82) is 0 Å². The van der Waals surface area contributed by atoms with E-state index in [1.165, 1.54) is 34.1 Å². The van der Waals surface area contributed by atoms with Crippen molar-refractivity contribution in [3.63, 3.8) is 0 Å². The van der Waals surface area contributed by atoms with Crippen molar-refractivity contribution >= 4 is 67.7 Å². The molecular weight excluding hydrogens is 985 g/mol. The molecule has 0 radical (unpaired) electrons. The number of carbonyl (C=O) groups is 3. The Bertz CT molecular complexity index is 3040. The van der Waals surface area contributed by atoms with Crippen LogP contribution < -0.4 is 25.3 Å². The topological polar surface area (TPSA) is 217 Å². The van der Waals surface area contributed by atoms with E-state index in [1.807, 2.05) is 6.07 Å². The smallest absolute Gasteiger partial charge is 0.312 e. The number of amides is 1. The molecule has 4 aromatic rings. The highest BCUT2D eigenvalue weighted by Gasteiger charge is 2.50. The largest absolute Gasteiger partial charge is 0.505 e. The first-order valence-electron chi connectivity index (χ1n) is 27.3. The maximum atomic E-state index is 15.2. The highest BCUT2D eigenvalue weighted by Crippen LogP contribution is 2.49. The molecule has 1 aromatic heterocycles. The number of carbonyl (C=O) groups excluding carboxylic acids is 3. The number of hydrogen-bond donors (Lipinski definition) is 4. The normalized spacial score (nSPS) is 27.5. The summed E-state index contributed by atoms with van der Waals surface area (Å²) in [4.78, 5) is 71.9. The van der Waals surface area contributed by atoms with Crippen molar-refractivity contribution in [2.45, 2.75) is 113 Å². The van der Waals surface area contributed by atoms with E-state index in [1.54, 1.807) is 58.9 Å². The first kappa shape index (κ1) is 57.1. The molecule has 4 bridgehead atoms. The minimum absolute atomic E-state index is 0.0114. The Hall–Kier alpha value is -6.05. The van der Waals surface area contributed by atoms with Crippen molar-refractivity contribution in [2.24, 2.45) is 35.5 Å². The summed E-state index contributed by atoms with van der Waals surface area (Å²) in [5.74, 6) is -6.15. The van der Waals surface area contributed by atoms with Gasteiger partial charge in [-0.15, -0.1) is 0 Å². The zero-order chi connectivity index (χ0) is 55.9. The van der Waals surface area contributed by atoms with E-state index in [0.717, 1.165) is 63.7 Å². The summed E-state index contributed by atoms with van der Waals surface area (Å²) < 4.78 is 31.3. The number of aromatic nitrogens is 1. The third kappa shape index (κ3) is 11.5. The van der Waals surface area contributed by atoms with Crippen LogP contribution >= 0.6 is 0 Å². The van der Waals surface area contributed by atoms with Crippen LogP contribution in [0.4, 0.5) is 17.1 Å². The highest BCUT2D eigenvalue weighted by atomic mass is 16.7. The molecule has 3 aromatic carbocycles. The Balaban J connectivity index is 1.35. The second-order valence-corrected chi connectivity index (χ2v) is 22.9. The number of phenolic OH excluding ortho intramolecular Hbond substituents is 1. The molecule has 0 aliphatic carbocycles. The number of fused-ring (bicyclic) bond motifs is 2. The van der Waals surface area contributed by atoms with Crippen molar-refractivity contribution in [3.05, 3.63) is 69.6 Å². The molecule has 4 aliphatic heterocycles. The molecular formula is C59H80N6O12.